The number of aliphatic carboxylic acids is 1. The fourth-order valence-corrected chi connectivity index (χ4v) is 4.91. The van der Waals surface area contributed by atoms with Crippen molar-refractivity contribution >= 4 is 5.97 Å². The van der Waals surface area contributed by atoms with E-state index in [4.69, 9.17) is 24.1 Å². The second-order valence-electron chi connectivity index (χ2n) is 9.70. The molecule has 4 rings (SSSR count). The normalized spacial score (nSPS) is 13.9. The lowest BCUT2D eigenvalue weighted by Crippen LogP contribution is -2.27. The highest BCUT2D eigenvalue weighted by atomic mass is 16.5. The average Bonchev–Trinajstić information content (AvgIpc) is 3.59. The number of hydrogen-bond donors (Lipinski definition) is 1. The number of carboxylic acids is 1. The van der Waals surface area contributed by atoms with E-state index in [0.717, 1.165) is 59.4 Å². The molecule has 2 aromatic heterocycles. The Labute approximate surface area is 217 Å². The molecule has 0 radical (unpaired) electrons. The monoisotopic (exact) mass is 508 g/mol. The van der Waals surface area contributed by atoms with Crippen molar-refractivity contribution in [2.45, 2.75) is 58.3 Å². The first-order valence-electron chi connectivity index (χ1n) is 12.9. The van der Waals surface area contributed by atoms with Crippen LogP contribution in [0.5, 0.6) is 11.6 Å². The number of carbonyl (C=O) groups is 1. The topological polar surface area (TPSA) is 111 Å². The van der Waals surface area contributed by atoms with Crippen LogP contribution in [-0.4, -0.2) is 65.0 Å². The smallest absolute Gasteiger partial charge is 0.317 e. The molecular weight excluding hydrogens is 472 g/mol. The van der Waals surface area contributed by atoms with Gasteiger partial charge in [0.2, 0.25) is 11.7 Å². The minimum atomic E-state index is -0.829. The number of pyridine rings is 1. The van der Waals surface area contributed by atoms with Gasteiger partial charge in [-0.1, -0.05) is 24.9 Å². The van der Waals surface area contributed by atoms with E-state index in [2.05, 4.69) is 17.1 Å². The highest BCUT2D eigenvalue weighted by molar-refractivity contribution is 5.69. The Morgan fingerprint density at radius 2 is 1.95 bits per heavy atom. The zero-order valence-corrected chi connectivity index (χ0v) is 22.1. The minimum Gasteiger partial charge on any atom is -0.493 e. The zero-order chi connectivity index (χ0) is 26.4. The van der Waals surface area contributed by atoms with Crippen LogP contribution in [0.3, 0.4) is 0 Å². The SMILES string of the molecule is CCc1cc(-c2noc(-c3cc(OC)nc(C4CCCC4)c3)n2)cc(C)c1OCCCN(C)CC(=O)O. The van der Waals surface area contributed by atoms with Crippen molar-refractivity contribution in [1.29, 1.82) is 0 Å². The number of aromatic nitrogens is 3. The fraction of sp³-hybridized carbons (Fsp3) is 0.500. The lowest BCUT2D eigenvalue weighted by Gasteiger charge is -2.17. The van der Waals surface area contributed by atoms with Crippen LogP contribution in [0.25, 0.3) is 22.8 Å². The molecule has 0 unspecified atom stereocenters. The van der Waals surface area contributed by atoms with E-state index in [9.17, 15) is 4.79 Å². The number of benzene rings is 1. The summed E-state index contributed by atoms with van der Waals surface area (Å²) in [5.74, 6) is 1.99. The van der Waals surface area contributed by atoms with Crippen molar-refractivity contribution in [1.82, 2.24) is 20.0 Å². The Morgan fingerprint density at radius 1 is 1.16 bits per heavy atom. The summed E-state index contributed by atoms with van der Waals surface area (Å²) in [6.07, 6.45) is 6.26. The Morgan fingerprint density at radius 3 is 2.65 bits per heavy atom. The number of likely N-dealkylation sites (N-methyl/N-ethyl adjacent to an activating group) is 1. The van der Waals surface area contributed by atoms with Crippen LogP contribution in [0.4, 0.5) is 0 Å². The molecule has 0 aliphatic heterocycles. The molecule has 0 bridgehead atoms. The largest absolute Gasteiger partial charge is 0.493 e. The molecule has 1 aliphatic carbocycles. The van der Waals surface area contributed by atoms with Gasteiger partial charge in [-0.05, 0) is 69.0 Å². The van der Waals surface area contributed by atoms with E-state index >= 15 is 0 Å². The molecule has 1 saturated carbocycles. The number of methoxy groups -OCH3 is 1. The molecule has 2 heterocycles. The third kappa shape index (κ3) is 6.65. The molecule has 0 saturated heterocycles. The molecule has 9 heteroatoms. The first kappa shape index (κ1) is 26.6. The summed E-state index contributed by atoms with van der Waals surface area (Å²) in [7, 11) is 3.42. The summed E-state index contributed by atoms with van der Waals surface area (Å²) < 4.78 is 17.2. The summed E-state index contributed by atoms with van der Waals surface area (Å²) >= 11 is 0. The minimum absolute atomic E-state index is 0.0226. The van der Waals surface area contributed by atoms with E-state index in [-0.39, 0.29) is 6.54 Å². The number of rotatable bonds is 12. The standard InChI is InChI=1S/C28H36N4O5/c1-5-19-14-21(13-18(2)26(19)36-12-8-11-32(3)17-25(33)34)27-30-28(37-31-27)22-15-23(20-9-6-7-10-20)29-24(16-22)35-4/h13-16,20H,5-12,17H2,1-4H3,(H,33,34). The second kappa shape index (κ2) is 12.2. The third-order valence-corrected chi connectivity index (χ3v) is 6.80. The first-order valence-corrected chi connectivity index (χ1v) is 12.9. The maximum Gasteiger partial charge on any atom is 0.317 e. The van der Waals surface area contributed by atoms with Crippen molar-refractivity contribution in [3.8, 4) is 34.5 Å². The Kier molecular flexibility index (Phi) is 8.76. The first-order chi connectivity index (χ1) is 17.9. The van der Waals surface area contributed by atoms with Gasteiger partial charge in [0.05, 0.1) is 20.3 Å². The van der Waals surface area contributed by atoms with Gasteiger partial charge in [-0.25, -0.2) is 4.98 Å². The van der Waals surface area contributed by atoms with Crippen LogP contribution in [0.15, 0.2) is 28.8 Å². The van der Waals surface area contributed by atoms with Crippen LogP contribution in [0.1, 0.15) is 61.8 Å². The molecule has 3 aromatic rings. The molecule has 0 atom stereocenters. The van der Waals surface area contributed by atoms with Crippen molar-refractivity contribution in [3.63, 3.8) is 0 Å². The van der Waals surface area contributed by atoms with Crippen LogP contribution < -0.4 is 9.47 Å². The van der Waals surface area contributed by atoms with Crippen molar-refractivity contribution in [2.24, 2.45) is 0 Å². The van der Waals surface area contributed by atoms with Gasteiger partial charge in [-0.3, -0.25) is 9.69 Å². The van der Waals surface area contributed by atoms with Gasteiger partial charge in [0.15, 0.2) is 0 Å². The predicted octanol–water partition coefficient (Wildman–Crippen LogP) is 5.12. The van der Waals surface area contributed by atoms with E-state index in [1.165, 1.54) is 12.8 Å². The number of nitrogens with zero attached hydrogens (tertiary/aromatic N) is 4. The number of carboxylic acid groups (broad SMARTS) is 1. The molecule has 1 N–H and O–H groups in total. The van der Waals surface area contributed by atoms with Crippen LogP contribution in [0, 0.1) is 6.92 Å². The summed E-state index contributed by atoms with van der Waals surface area (Å²) in [4.78, 5) is 22.0. The van der Waals surface area contributed by atoms with Gasteiger partial charge in [-0.2, -0.15) is 4.98 Å². The molecule has 1 aliphatic rings. The molecule has 1 fully saturated rings. The summed E-state index contributed by atoms with van der Waals surface area (Å²) in [5, 5.41) is 13.2. The molecule has 9 nitrogen and oxygen atoms in total. The molecule has 1 aromatic carbocycles. The van der Waals surface area contributed by atoms with Crippen LogP contribution in [0.2, 0.25) is 0 Å². The van der Waals surface area contributed by atoms with Gasteiger partial charge in [-0.15, -0.1) is 0 Å². The Hall–Kier alpha value is -3.46. The highest BCUT2D eigenvalue weighted by Crippen LogP contribution is 2.36. The second-order valence-corrected chi connectivity index (χ2v) is 9.70. The zero-order valence-electron chi connectivity index (χ0n) is 22.1. The lowest BCUT2D eigenvalue weighted by molar-refractivity contribution is -0.138. The lowest BCUT2D eigenvalue weighted by atomic mass is 10.0. The van der Waals surface area contributed by atoms with Crippen LogP contribution in [-0.2, 0) is 11.2 Å². The summed E-state index contributed by atoms with van der Waals surface area (Å²) in [5.41, 5.74) is 4.76. The Balaban J connectivity index is 1.50. The van der Waals surface area contributed by atoms with Gasteiger partial charge < -0.3 is 19.1 Å². The van der Waals surface area contributed by atoms with Gasteiger partial charge >= 0.3 is 5.97 Å². The summed E-state index contributed by atoms with van der Waals surface area (Å²) in [6.45, 7) is 5.28. The maximum absolute atomic E-state index is 10.8. The molecular formula is C28H36N4O5. The Bertz CT molecular complexity index is 1220. The summed E-state index contributed by atoms with van der Waals surface area (Å²) in [6, 6.07) is 7.94. The number of aryl methyl sites for hydroxylation is 2. The van der Waals surface area contributed by atoms with Gasteiger partial charge in [0.25, 0.3) is 5.89 Å². The van der Waals surface area contributed by atoms with Crippen molar-refractivity contribution in [2.75, 3.05) is 33.9 Å². The van der Waals surface area contributed by atoms with E-state index in [1.807, 2.05) is 31.2 Å². The van der Waals surface area contributed by atoms with Gasteiger partial charge in [0, 0.05) is 35.3 Å². The molecule has 0 amide bonds. The molecule has 198 valence electrons. The third-order valence-electron chi connectivity index (χ3n) is 6.80. The van der Waals surface area contributed by atoms with E-state index in [1.54, 1.807) is 19.1 Å². The van der Waals surface area contributed by atoms with Gasteiger partial charge in [0.1, 0.15) is 5.75 Å². The molecule has 37 heavy (non-hydrogen) atoms. The average molecular weight is 509 g/mol. The fourth-order valence-electron chi connectivity index (χ4n) is 4.91. The maximum atomic E-state index is 10.8. The highest BCUT2D eigenvalue weighted by Gasteiger charge is 2.22. The van der Waals surface area contributed by atoms with Crippen molar-refractivity contribution in [3.05, 3.63) is 41.1 Å². The van der Waals surface area contributed by atoms with E-state index < -0.39 is 5.97 Å². The van der Waals surface area contributed by atoms with Crippen LogP contribution >= 0.6 is 0 Å². The quantitative estimate of drug-likeness (QED) is 0.333. The number of hydrogen-bond acceptors (Lipinski definition) is 8. The molecule has 0 spiro atoms. The number of ether oxygens (including phenoxy) is 2. The predicted molar refractivity (Wildman–Crippen MR) is 140 cm³/mol. The van der Waals surface area contributed by atoms with Crippen molar-refractivity contribution < 1.29 is 23.9 Å². The van der Waals surface area contributed by atoms with E-state index in [0.29, 0.717) is 36.7 Å².